The molecule has 0 unspecified atom stereocenters. The number of carbonyl (C=O) groups excluding carboxylic acids is 1. The number of halogens is 1. The first-order valence-corrected chi connectivity index (χ1v) is 7.20. The normalized spacial score (nSPS) is 10.9. The largest absolute Gasteiger partial charge is 0.349 e. The van der Waals surface area contributed by atoms with Gasteiger partial charge in [0.15, 0.2) is 0 Å². The molecule has 0 saturated carbocycles. The van der Waals surface area contributed by atoms with Gasteiger partial charge in [0.2, 0.25) is 0 Å². The van der Waals surface area contributed by atoms with Crippen molar-refractivity contribution < 1.29 is 4.79 Å². The molecule has 1 rings (SSSR count). The molecule has 0 radical (unpaired) electrons. The highest BCUT2D eigenvalue weighted by atomic mass is 79.9. The standard InChI is InChI=1S/C13H22BrN3O/c1-4-7-17(5-2)8-6-15-13(18)12-9-11(14)10-16(12)3/h9-10H,4-8H2,1-3H3,(H,15,18). The Balaban J connectivity index is 2.39. The van der Waals surface area contributed by atoms with Crippen molar-refractivity contribution in [1.29, 1.82) is 0 Å². The average molecular weight is 316 g/mol. The van der Waals surface area contributed by atoms with E-state index < -0.39 is 0 Å². The maximum Gasteiger partial charge on any atom is 0.267 e. The molecule has 1 amide bonds. The van der Waals surface area contributed by atoms with Crippen molar-refractivity contribution in [3.05, 3.63) is 22.4 Å². The summed E-state index contributed by atoms with van der Waals surface area (Å²) in [5.41, 5.74) is 0.681. The quantitative estimate of drug-likeness (QED) is 0.838. The van der Waals surface area contributed by atoms with E-state index in [2.05, 4.69) is 40.0 Å². The minimum Gasteiger partial charge on any atom is -0.349 e. The SMILES string of the molecule is CCCN(CC)CCNC(=O)c1cc(Br)cn1C. The van der Waals surface area contributed by atoms with E-state index in [1.54, 1.807) is 0 Å². The predicted molar refractivity (Wildman–Crippen MR) is 77.9 cm³/mol. The Morgan fingerprint density at radius 3 is 2.67 bits per heavy atom. The lowest BCUT2D eigenvalue weighted by Crippen LogP contribution is -2.35. The Bertz CT molecular complexity index is 390. The van der Waals surface area contributed by atoms with Crippen LogP contribution >= 0.6 is 15.9 Å². The van der Waals surface area contributed by atoms with Gasteiger partial charge in [-0.15, -0.1) is 0 Å². The molecule has 1 N–H and O–H groups in total. The lowest BCUT2D eigenvalue weighted by atomic mass is 10.3. The maximum atomic E-state index is 11.9. The second kappa shape index (κ2) is 7.59. The third-order valence-corrected chi connectivity index (χ3v) is 3.34. The fraction of sp³-hybridized carbons (Fsp3) is 0.615. The van der Waals surface area contributed by atoms with Crippen LogP contribution < -0.4 is 5.32 Å². The van der Waals surface area contributed by atoms with E-state index in [-0.39, 0.29) is 5.91 Å². The number of nitrogens with zero attached hydrogens (tertiary/aromatic N) is 2. The fourth-order valence-electron chi connectivity index (χ4n) is 1.91. The molecule has 18 heavy (non-hydrogen) atoms. The number of likely N-dealkylation sites (N-methyl/N-ethyl adjacent to an activating group) is 1. The molecule has 0 aliphatic heterocycles. The monoisotopic (exact) mass is 315 g/mol. The van der Waals surface area contributed by atoms with Gasteiger partial charge >= 0.3 is 0 Å². The van der Waals surface area contributed by atoms with Crippen molar-refractivity contribution in [1.82, 2.24) is 14.8 Å². The number of hydrogen-bond donors (Lipinski definition) is 1. The lowest BCUT2D eigenvalue weighted by Gasteiger charge is -2.19. The summed E-state index contributed by atoms with van der Waals surface area (Å²) >= 11 is 3.37. The van der Waals surface area contributed by atoms with Crippen LogP contribution in [0, 0.1) is 0 Å². The molecule has 0 aromatic carbocycles. The van der Waals surface area contributed by atoms with Crippen molar-refractivity contribution in [2.45, 2.75) is 20.3 Å². The molecule has 1 heterocycles. The zero-order chi connectivity index (χ0) is 13.5. The molecule has 0 saturated heterocycles. The summed E-state index contributed by atoms with van der Waals surface area (Å²) in [6, 6.07) is 1.83. The van der Waals surface area contributed by atoms with Crippen LogP contribution in [0.4, 0.5) is 0 Å². The van der Waals surface area contributed by atoms with Crippen molar-refractivity contribution in [3.8, 4) is 0 Å². The Morgan fingerprint density at radius 2 is 2.17 bits per heavy atom. The minimum atomic E-state index is -0.0178. The Hall–Kier alpha value is -0.810. The first-order valence-electron chi connectivity index (χ1n) is 6.40. The van der Waals surface area contributed by atoms with Crippen LogP contribution in [0.15, 0.2) is 16.7 Å². The van der Waals surface area contributed by atoms with E-state index in [9.17, 15) is 4.79 Å². The molecule has 1 aromatic rings. The predicted octanol–water partition coefficient (Wildman–Crippen LogP) is 2.25. The van der Waals surface area contributed by atoms with Crippen molar-refractivity contribution in [2.75, 3.05) is 26.2 Å². The van der Waals surface area contributed by atoms with E-state index in [0.717, 1.165) is 30.5 Å². The van der Waals surface area contributed by atoms with Gasteiger partial charge in [-0.3, -0.25) is 4.79 Å². The minimum absolute atomic E-state index is 0.0178. The second-order valence-electron chi connectivity index (χ2n) is 4.34. The molecule has 0 aliphatic rings. The smallest absolute Gasteiger partial charge is 0.267 e. The molecule has 1 aromatic heterocycles. The molecule has 0 atom stereocenters. The van der Waals surface area contributed by atoms with Crippen molar-refractivity contribution >= 4 is 21.8 Å². The van der Waals surface area contributed by atoms with Gasteiger partial charge < -0.3 is 14.8 Å². The molecule has 0 aliphatic carbocycles. The van der Waals surface area contributed by atoms with E-state index in [1.807, 2.05) is 23.9 Å². The highest BCUT2D eigenvalue weighted by Gasteiger charge is 2.10. The average Bonchev–Trinajstić information content (AvgIpc) is 2.67. The Kier molecular flexibility index (Phi) is 6.43. The van der Waals surface area contributed by atoms with Crippen LogP contribution in [0.25, 0.3) is 0 Å². The van der Waals surface area contributed by atoms with Gasteiger partial charge in [0.25, 0.3) is 5.91 Å². The van der Waals surface area contributed by atoms with Crippen LogP contribution in [0.2, 0.25) is 0 Å². The second-order valence-corrected chi connectivity index (χ2v) is 5.26. The van der Waals surface area contributed by atoms with Gasteiger partial charge in [-0.2, -0.15) is 0 Å². The summed E-state index contributed by atoms with van der Waals surface area (Å²) in [6.45, 7) is 8.02. The molecule has 0 fully saturated rings. The van der Waals surface area contributed by atoms with E-state index >= 15 is 0 Å². The third kappa shape index (κ3) is 4.46. The molecule has 4 nitrogen and oxygen atoms in total. The number of carbonyl (C=O) groups is 1. The highest BCUT2D eigenvalue weighted by molar-refractivity contribution is 9.10. The first kappa shape index (κ1) is 15.2. The number of amides is 1. The number of aryl methyl sites for hydroxylation is 1. The summed E-state index contributed by atoms with van der Waals surface area (Å²) in [6.07, 6.45) is 3.02. The summed E-state index contributed by atoms with van der Waals surface area (Å²) in [7, 11) is 1.87. The van der Waals surface area contributed by atoms with Crippen molar-refractivity contribution in [3.63, 3.8) is 0 Å². The van der Waals surface area contributed by atoms with E-state index in [1.165, 1.54) is 0 Å². The topological polar surface area (TPSA) is 37.3 Å². The molecular weight excluding hydrogens is 294 g/mol. The number of nitrogens with one attached hydrogen (secondary N) is 1. The van der Waals surface area contributed by atoms with Crippen LogP contribution in [-0.2, 0) is 7.05 Å². The Labute approximate surface area is 117 Å². The van der Waals surface area contributed by atoms with Crippen LogP contribution in [0.3, 0.4) is 0 Å². The van der Waals surface area contributed by atoms with Crippen molar-refractivity contribution in [2.24, 2.45) is 7.05 Å². The van der Waals surface area contributed by atoms with Gasteiger partial charge in [0, 0.05) is 30.8 Å². The summed E-state index contributed by atoms with van der Waals surface area (Å²) in [4.78, 5) is 14.3. The first-order chi connectivity index (χ1) is 8.58. The van der Waals surface area contributed by atoms with Gasteiger partial charge in [-0.25, -0.2) is 0 Å². The lowest BCUT2D eigenvalue weighted by molar-refractivity contribution is 0.0940. The molecular formula is C13H22BrN3O. The highest BCUT2D eigenvalue weighted by Crippen LogP contribution is 2.13. The maximum absolute atomic E-state index is 11.9. The van der Waals surface area contributed by atoms with Gasteiger partial charge in [0.1, 0.15) is 5.69 Å². The molecule has 0 bridgehead atoms. The van der Waals surface area contributed by atoms with Crippen LogP contribution in [0.1, 0.15) is 30.8 Å². The number of hydrogen-bond acceptors (Lipinski definition) is 2. The summed E-state index contributed by atoms with van der Waals surface area (Å²) in [5, 5.41) is 2.95. The zero-order valence-corrected chi connectivity index (χ0v) is 13.0. The zero-order valence-electron chi connectivity index (χ0n) is 11.4. The van der Waals surface area contributed by atoms with Crippen LogP contribution in [0.5, 0.6) is 0 Å². The van der Waals surface area contributed by atoms with E-state index in [4.69, 9.17) is 0 Å². The van der Waals surface area contributed by atoms with E-state index in [0.29, 0.717) is 12.2 Å². The van der Waals surface area contributed by atoms with Gasteiger partial charge in [-0.1, -0.05) is 13.8 Å². The van der Waals surface area contributed by atoms with Gasteiger partial charge in [0.05, 0.1) is 0 Å². The fourth-order valence-corrected chi connectivity index (χ4v) is 2.44. The Morgan fingerprint density at radius 1 is 1.44 bits per heavy atom. The summed E-state index contributed by atoms with van der Waals surface area (Å²) < 4.78 is 2.75. The van der Waals surface area contributed by atoms with Crippen LogP contribution in [-0.4, -0.2) is 41.6 Å². The molecule has 102 valence electrons. The summed E-state index contributed by atoms with van der Waals surface area (Å²) in [5.74, 6) is -0.0178. The third-order valence-electron chi connectivity index (χ3n) is 2.90. The van der Waals surface area contributed by atoms with Gasteiger partial charge in [-0.05, 0) is 41.5 Å². The molecule has 5 heteroatoms. The number of rotatable bonds is 7. The molecule has 0 spiro atoms. The number of aromatic nitrogens is 1.